The first-order chi connectivity index (χ1) is 8.89. The molecule has 1 amide bonds. The van der Waals surface area contributed by atoms with Crippen molar-refractivity contribution in [3.63, 3.8) is 0 Å². The molecular formula is C11H17N3O3S2. The molecule has 0 atom stereocenters. The average molecular weight is 303 g/mol. The second-order valence-corrected chi connectivity index (χ2v) is 7.96. The van der Waals surface area contributed by atoms with E-state index in [-0.39, 0.29) is 12.5 Å². The molecular weight excluding hydrogens is 286 g/mol. The van der Waals surface area contributed by atoms with Crippen molar-refractivity contribution in [3.05, 3.63) is 17.0 Å². The predicted octanol–water partition coefficient (Wildman–Crippen LogP) is -0.152. The largest absolute Gasteiger partial charge is 0.369 e. The van der Waals surface area contributed by atoms with Gasteiger partial charge in [-0.05, 0) is 19.1 Å². The van der Waals surface area contributed by atoms with Gasteiger partial charge in [0.25, 0.3) is 10.0 Å². The minimum Gasteiger partial charge on any atom is -0.369 e. The first kappa shape index (κ1) is 14.4. The van der Waals surface area contributed by atoms with Crippen LogP contribution in [-0.4, -0.2) is 56.3 Å². The van der Waals surface area contributed by atoms with Gasteiger partial charge in [0.15, 0.2) is 0 Å². The molecule has 8 heteroatoms. The molecule has 0 saturated carbocycles. The number of piperazine rings is 1. The summed E-state index contributed by atoms with van der Waals surface area (Å²) in [5.74, 6) is -0.384. The molecule has 1 fully saturated rings. The maximum Gasteiger partial charge on any atom is 0.252 e. The van der Waals surface area contributed by atoms with Gasteiger partial charge in [-0.1, -0.05) is 0 Å². The third-order valence-electron chi connectivity index (χ3n) is 3.02. The van der Waals surface area contributed by atoms with Crippen LogP contribution in [0.15, 0.2) is 16.3 Å². The Bertz CT molecular complexity index is 559. The molecule has 0 aliphatic carbocycles. The van der Waals surface area contributed by atoms with Crippen LogP contribution < -0.4 is 5.73 Å². The highest BCUT2D eigenvalue weighted by Crippen LogP contribution is 2.24. The van der Waals surface area contributed by atoms with Crippen molar-refractivity contribution in [2.24, 2.45) is 5.73 Å². The van der Waals surface area contributed by atoms with Crippen LogP contribution >= 0.6 is 11.3 Å². The van der Waals surface area contributed by atoms with E-state index < -0.39 is 10.0 Å². The van der Waals surface area contributed by atoms with E-state index in [0.29, 0.717) is 30.4 Å². The Morgan fingerprint density at radius 3 is 2.42 bits per heavy atom. The second kappa shape index (κ2) is 5.58. The van der Waals surface area contributed by atoms with Gasteiger partial charge in [-0.15, -0.1) is 11.3 Å². The molecule has 0 radical (unpaired) electrons. The van der Waals surface area contributed by atoms with Crippen molar-refractivity contribution in [3.8, 4) is 0 Å². The zero-order chi connectivity index (χ0) is 14.0. The Hall–Kier alpha value is -0.960. The summed E-state index contributed by atoms with van der Waals surface area (Å²) < 4.78 is 26.6. The number of primary amides is 1. The van der Waals surface area contributed by atoms with Crippen molar-refractivity contribution < 1.29 is 13.2 Å². The highest BCUT2D eigenvalue weighted by molar-refractivity contribution is 7.91. The lowest BCUT2D eigenvalue weighted by Crippen LogP contribution is -2.50. The van der Waals surface area contributed by atoms with Crippen molar-refractivity contribution in [1.82, 2.24) is 9.21 Å². The van der Waals surface area contributed by atoms with Crippen LogP contribution in [0.4, 0.5) is 0 Å². The number of hydrogen-bond acceptors (Lipinski definition) is 5. The third kappa shape index (κ3) is 3.33. The molecule has 0 bridgehead atoms. The summed E-state index contributed by atoms with van der Waals surface area (Å²) in [6, 6.07) is 3.45. The summed E-state index contributed by atoms with van der Waals surface area (Å²) in [5.41, 5.74) is 5.13. The minimum absolute atomic E-state index is 0.187. The number of thiophene rings is 1. The first-order valence-electron chi connectivity index (χ1n) is 5.97. The van der Waals surface area contributed by atoms with Gasteiger partial charge >= 0.3 is 0 Å². The highest BCUT2D eigenvalue weighted by Gasteiger charge is 2.29. The zero-order valence-corrected chi connectivity index (χ0v) is 12.3. The fourth-order valence-corrected chi connectivity index (χ4v) is 4.89. The molecule has 0 spiro atoms. The number of amides is 1. The van der Waals surface area contributed by atoms with E-state index >= 15 is 0 Å². The van der Waals surface area contributed by atoms with Crippen LogP contribution in [0.25, 0.3) is 0 Å². The van der Waals surface area contributed by atoms with Gasteiger partial charge in [0.1, 0.15) is 4.21 Å². The van der Waals surface area contributed by atoms with Gasteiger partial charge in [-0.2, -0.15) is 4.31 Å². The molecule has 2 heterocycles. The summed E-state index contributed by atoms with van der Waals surface area (Å²) >= 11 is 1.28. The van der Waals surface area contributed by atoms with E-state index in [4.69, 9.17) is 5.73 Å². The van der Waals surface area contributed by atoms with Crippen molar-refractivity contribution in [2.45, 2.75) is 11.1 Å². The minimum atomic E-state index is -3.38. The number of hydrogen-bond donors (Lipinski definition) is 1. The molecule has 6 nitrogen and oxygen atoms in total. The monoisotopic (exact) mass is 303 g/mol. The SMILES string of the molecule is Cc1ccc(S(=O)(=O)N2CCN(CC(N)=O)CC2)s1. The lowest BCUT2D eigenvalue weighted by Gasteiger charge is -2.32. The molecule has 1 saturated heterocycles. The fraction of sp³-hybridized carbons (Fsp3) is 0.545. The normalized spacial score (nSPS) is 18.6. The second-order valence-electron chi connectivity index (χ2n) is 4.51. The molecule has 1 aromatic heterocycles. The Morgan fingerprint density at radius 1 is 1.32 bits per heavy atom. The van der Waals surface area contributed by atoms with Crippen LogP contribution in [-0.2, 0) is 14.8 Å². The van der Waals surface area contributed by atoms with Crippen molar-refractivity contribution in [2.75, 3.05) is 32.7 Å². The van der Waals surface area contributed by atoms with Crippen molar-refractivity contribution in [1.29, 1.82) is 0 Å². The Labute approximate surface area is 116 Å². The average Bonchev–Trinajstić information content (AvgIpc) is 2.76. The van der Waals surface area contributed by atoms with Crippen LogP contribution in [0.1, 0.15) is 4.88 Å². The molecule has 1 aliphatic heterocycles. The molecule has 19 heavy (non-hydrogen) atoms. The van der Waals surface area contributed by atoms with Gasteiger partial charge in [-0.3, -0.25) is 9.69 Å². The summed E-state index contributed by atoms with van der Waals surface area (Å²) in [5, 5.41) is 0. The standard InChI is InChI=1S/C11H17N3O3S2/c1-9-2-3-11(18-9)19(16,17)14-6-4-13(5-7-14)8-10(12)15/h2-3H,4-8H2,1H3,(H2,12,15). The van der Waals surface area contributed by atoms with Crippen LogP contribution in [0, 0.1) is 6.92 Å². The molecule has 1 aromatic rings. The Balaban J connectivity index is 2.03. The van der Waals surface area contributed by atoms with E-state index in [1.54, 1.807) is 12.1 Å². The third-order valence-corrected chi connectivity index (χ3v) is 6.39. The summed E-state index contributed by atoms with van der Waals surface area (Å²) in [4.78, 5) is 13.7. The lowest BCUT2D eigenvalue weighted by molar-refractivity contribution is -0.119. The number of nitrogens with two attached hydrogens (primary N) is 1. The van der Waals surface area contributed by atoms with E-state index in [9.17, 15) is 13.2 Å². The van der Waals surface area contributed by atoms with Gasteiger partial charge in [0.05, 0.1) is 6.54 Å². The molecule has 2 rings (SSSR count). The number of carbonyl (C=O) groups excluding carboxylic acids is 1. The maximum absolute atomic E-state index is 12.4. The Kier molecular flexibility index (Phi) is 4.24. The number of sulfonamides is 1. The molecule has 106 valence electrons. The summed E-state index contributed by atoms with van der Waals surface area (Å²) in [6.07, 6.45) is 0. The van der Waals surface area contributed by atoms with E-state index in [2.05, 4.69) is 0 Å². The summed E-state index contributed by atoms with van der Waals surface area (Å²) in [7, 11) is -3.38. The predicted molar refractivity (Wildman–Crippen MR) is 73.4 cm³/mol. The summed E-state index contributed by atoms with van der Waals surface area (Å²) in [6.45, 7) is 3.93. The maximum atomic E-state index is 12.4. The van der Waals surface area contributed by atoms with Crippen LogP contribution in [0.2, 0.25) is 0 Å². The molecule has 1 aliphatic rings. The van der Waals surface area contributed by atoms with Gasteiger partial charge in [0, 0.05) is 31.1 Å². The number of aryl methyl sites for hydroxylation is 1. The number of rotatable bonds is 4. The Morgan fingerprint density at radius 2 is 1.95 bits per heavy atom. The van der Waals surface area contributed by atoms with Gasteiger partial charge in [0.2, 0.25) is 5.91 Å². The van der Waals surface area contributed by atoms with E-state index in [1.165, 1.54) is 15.6 Å². The topological polar surface area (TPSA) is 83.7 Å². The zero-order valence-electron chi connectivity index (χ0n) is 10.7. The smallest absolute Gasteiger partial charge is 0.252 e. The van der Waals surface area contributed by atoms with Crippen LogP contribution in [0.5, 0.6) is 0 Å². The van der Waals surface area contributed by atoms with E-state index in [0.717, 1.165) is 4.88 Å². The molecule has 0 aromatic carbocycles. The van der Waals surface area contributed by atoms with Gasteiger partial charge in [-0.25, -0.2) is 8.42 Å². The first-order valence-corrected chi connectivity index (χ1v) is 8.22. The quantitative estimate of drug-likeness (QED) is 0.838. The van der Waals surface area contributed by atoms with Gasteiger partial charge < -0.3 is 5.73 Å². The number of nitrogens with zero attached hydrogens (tertiary/aromatic N) is 2. The fourth-order valence-electron chi connectivity index (χ4n) is 2.03. The van der Waals surface area contributed by atoms with E-state index in [1.807, 2.05) is 11.8 Å². The molecule has 0 unspecified atom stereocenters. The highest BCUT2D eigenvalue weighted by atomic mass is 32.2. The van der Waals surface area contributed by atoms with Crippen molar-refractivity contribution >= 4 is 27.3 Å². The molecule has 2 N–H and O–H groups in total. The number of carbonyl (C=O) groups is 1. The van der Waals surface area contributed by atoms with Crippen LogP contribution in [0.3, 0.4) is 0 Å². The lowest BCUT2D eigenvalue weighted by atomic mass is 10.3.